The summed E-state index contributed by atoms with van der Waals surface area (Å²) in [6.45, 7) is 12.8. The Morgan fingerprint density at radius 2 is 1.50 bits per heavy atom. The van der Waals surface area contributed by atoms with E-state index in [1.54, 1.807) is 0 Å². The van der Waals surface area contributed by atoms with Gasteiger partial charge in [0, 0.05) is 69.4 Å². The number of nitrogens with zero attached hydrogens (tertiary/aromatic N) is 3. The molecule has 3 heterocycles. The van der Waals surface area contributed by atoms with Gasteiger partial charge in [-0.3, -0.25) is 19.4 Å². The topological polar surface area (TPSA) is 55.9 Å². The lowest BCUT2D eigenvalue weighted by Crippen LogP contribution is -2.52. The summed E-state index contributed by atoms with van der Waals surface area (Å²) in [5.74, 6) is 1.17. The van der Waals surface area contributed by atoms with Crippen LogP contribution in [-0.2, 0) is 25.9 Å². The number of ketones is 1. The number of nitrogens with one attached hydrogen (secondary N) is 1. The fourth-order valence-corrected chi connectivity index (χ4v) is 7.67. The summed E-state index contributed by atoms with van der Waals surface area (Å²) in [4.78, 5) is 33.8. The summed E-state index contributed by atoms with van der Waals surface area (Å²) >= 11 is 0. The number of aryl methyl sites for hydroxylation is 1. The standard InChI is InChI=1S/C40H52N4O2/c1-30-8-3-4-10-36(30)28-42-21-16-32(17-22-42)9-7-13-39(45)35-15-14-33-18-23-43(24-19-34(33)26-35)29-37-11-5-6-12-38(37)40(46)44-25-20-41-27-31(44)2/h3-6,8,10-12,14-15,26,31-32,41H,7,9,13,16-25,27-29H2,1-2H3. The Morgan fingerprint density at radius 1 is 0.804 bits per heavy atom. The maximum Gasteiger partial charge on any atom is 0.254 e. The van der Waals surface area contributed by atoms with Gasteiger partial charge < -0.3 is 10.2 Å². The second-order valence-electron chi connectivity index (χ2n) is 13.9. The SMILES string of the molecule is Cc1ccccc1CN1CCC(CCCC(=O)c2ccc3c(c2)CCN(Cc2ccccc2C(=O)N2CCNCC2C)CC3)CC1. The van der Waals surface area contributed by atoms with Gasteiger partial charge in [0.15, 0.2) is 5.78 Å². The first-order chi connectivity index (χ1) is 22.4. The number of carbonyl (C=O) groups is 2. The van der Waals surface area contributed by atoms with Gasteiger partial charge >= 0.3 is 0 Å². The number of piperidine rings is 1. The molecule has 2 saturated heterocycles. The van der Waals surface area contributed by atoms with Crippen molar-refractivity contribution >= 4 is 11.7 Å². The Morgan fingerprint density at radius 3 is 2.28 bits per heavy atom. The molecule has 1 amide bonds. The van der Waals surface area contributed by atoms with Crippen molar-refractivity contribution < 1.29 is 9.59 Å². The Bertz CT molecular complexity index is 1490. The molecule has 244 valence electrons. The first-order valence-corrected chi connectivity index (χ1v) is 17.7. The molecule has 2 fully saturated rings. The third-order valence-corrected chi connectivity index (χ3v) is 10.7. The Balaban J connectivity index is 0.971. The molecule has 3 aliphatic rings. The van der Waals surface area contributed by atoms with Crippen molar-refractivity contribution in [3.63, 3.8) is 0 Å². The predicted octanol–water partition coefficient (Wildman–Crippen LogP) is 6.29. The van der Waals surface area contributed by atoms with E-state index >= 15 is 0 Å². The number of benzene rings is 3. The first-order valence-electron chi connectivity index (χ1n) is 17.7. The number of likely N-dealkylation sites (tertiary alicyclic amines) is 1. The smallest absolute Gasteiger partial charge is 0.254 e. The van der Waals surface area contributed by atoms with Gasteiger partial charge in [-0.25, -0.2) is 0 Å². The molecule has 46 heavy (non-hydrogen) atoms. The van der Waals surface area contributed by atoms with E-state index in [0.717, 1.165) is 107 Å². The average molecular weight is 621 g/mol. The van der Waals surface area contributed by atoms with Crippen LogP contribution in [0.4, 0.5) is 0 Å². The number of amides is 1. The van der Waals surface area contributed by atoms with E-state index < -0.39 is 0 Å². The van der Waals surface area contributed by atoms with Gasteiger partial charge in [0.25, 0.3) is 5.91 Å². The van der Waals surface area contributed by atoms with E-state index in [1.165, 1.54) is 35.1 Å². The fraction of sp³-hybridized carbons (Fsp3) is 0.500. The van der Waals surface area contributed by atoms with E-state index in [9.17, 15) is 9.59 Å². The van der Waals surface area contributed by atoms with Gasteiger partial charge in [0.05, 0.1) is 0 Å². The van der Waals surface area contributed by atoms with E-state index in [2.05, 4.69) is 77.5 Å². The van der Waals surface area contributed by atoms with Crippen LogP contribution in [0, 0.1) is 12.8 Å². The molecule has 0 aliphatic carbocycles. The Kier molecular flexibility index (Phi) is 11.0. The number of hydrogen-bond acceptors (Lipinski definition) is 5. The summed E-state index contributed by atoms with van der Waals surface area (Å²) in [5, 5.41) is 3.39. The van der Waals surface area contributed by atoms with Crippen LogP contribution in [0.5, 0.6) is 0 Å². The highest BCUT2D eigenvalue weighted by Gasteiger charge is 2.26. The average Bonchev–Trinajstić information content (AvgIpc) is 3.28. The van der Waals surface area contributed by atoms with Crippen molar-refractivity contribution in [1.29, 1.82) is 0 Å². The molecule has 3 aromatic carbocycles. The minimum atomic E-state index is 0.148. The molecule has 3 aliphatic heterocycles. The lowest BCUT2D eigenvalue weighted by atomic mass is 9.90. The number of fused-ring (bicyclic) bond motifs is 1. The van der Waals surface area contributed by atoms with Crippen molar-refractivity contribution in [3.05, 3.63) is 106 Å². The summed E-state index contributed by atoms with van der Waals surface area (Å²) in [6.07, 6.45) is 7.16. The molecule has 3 aromatic rings. The van der Waals surface area contributed by atoms with Crippen molar-refractivity contribution in [2.45, 2.75) is 77.9 Å². The highest BCUT2D eigenvalue weighted by molar-refractivity contribution is 5.96. The predicted molar refractivity (Wildman–Crippen MR) is 186 cm³/mol. The Hall–Kier alpha value is -3.32. The van der Waals surface area contributed by atoms with Crippen molar-refractivity contribution in [2.75, 3.05) is 45.8 Å². The van der Waals surface area contributed by atoms with Crippen LogP contribution >= 0.6 is 0 Å². The molecule has 1 atom stereocenters. The monoisotopic (exact) mass is 620 g/mol. The molecule has 6 heteroatoms. The van der Waals surface area contributed by atoms with Gasteiger partial charge in [0.1, 0.15) is 0 Å². The van der Waals surface area contributed by atoms with Crippen molar-refractivity contribution in [2.24, 2.45) is 5.92 Å². The number of Topliss-reactive ketones (excluding diaryl/α,β-unsaturated/α-hetero) is 1. The number of piperazine rings is 1. The van der Waals surface area contributed by atoms with E-state index in [0.29, 0.717) is 6.42 Å². The molecule has 6 rings (SSSR count). The second kappa shape index (κ2) is 15.5. The van der Waals surface area contributed by atoms with Gasteiger partial charge in [-0.05, 0) is 111 Å². The van der Waals surface area contributed by atoms with Crippen molar-refractivity contribution in [3.8, 4) is 0 Å². The van der Waals surface area contributed by atoms with Crippen LogP contribution in [0.15, 0.2) is 66.7 Å². The highest BCUT2D eigenvalue weighted by atomic mass is 16.2. The van der Waals surface area contributed by atoms with Crippen LogP contribution in [0.3, 0.4) is 0 Å². The molecule has 1 N–H and O–H groups in total. The maximum absolute atomic E-state index is 13.5. The van der Waals surface area contributed by atoms with Gasteiger partial charge in [-0.2, -0.15) is 0 Å². The van der Waals surface area contributed by atoms with E-state index in [4.69, 9.17) is 0 Å². The number of rotatable bonds is 10. The van der Waals surface area contributed by atoms with Crippen LogP contribution in [0.2, 0.25) is 0 Å². The van der Waals surface area contributed by atoms with E-state index in [1.807, 2.05) is 23.1 Å². The minimum Gasteiger partial charge on any atom is -0.333 e. The lowest BCUT2D eigenvalue weighted by molar-refractivity contribution is 0.0653. The quantitative estimate of drug-likeness (QED) is 0.270. The zero-order valence-corrected chi connectivity index (χ0v) is 28.0. The Labute approximate surface area is 276 Å². The maximum atomic E-state index is 13.5. The first kappa shape index (κ1) is 32.6. The van der Waals surface area contributed by atoms with Gasteiger partial charge in [-0.15, -0.1) is 0 Å². The highest BCUT2D eigenvalue weighted by Crippen LogP contribution is 2.26. The zero-order chi connectivity index (χ0) is 31.9. The van der Waals surface area contributed by atoms with Crippen LogP contribution in [0.1, 0.15) is 87.6 Å². The summed E-state index contributed by atoms with van der Waals surface area (Å²) < 4.78 is 0. The second-order valence-corrected chi connectivity index (χ2v) is 13.9. The molecule has 0 spiro atoms. The van der Waals surface area contributed by atoms with Gasteiger partial charge in [-0.1, -0.05) is 54.6 Å². The van der Waals surface area contributed by atoms with Gasteiger partial charge in [0.2, 0.25) is 0 Å². The lowest BCUT2D eigenvalue weighted by Gasteiger charge is -2.34. The molecule has 0 saturated carbocycles. The molecular weight excluding hydrogens is 568 g/mol. The van der Waals surface area contributed by atoms with E-state index in [-0.39, 0.29) is 17.7 Å². The van der Waals surface area contributed by atoms with Crippen LogP contribution in [-0.4, -0.2) is 78.2 Å². The zero-order valence-electron chi connectivity index (χ0n) is 28.0. The summed E-state index contributed by atoms with van der Waals surface area (Å²) in [6, 6.07) is 23.5. The molecule has 0 radical (unpaired) electrons. The van der Waals surface area contributed by atoms with Crippen LogP contribution in [0.25, 0.3) is 0 Å². The molecule has 0 bridgehead atoms. The molecule has 6 nitrogen and oxygen atoms in total. The van der Waals surface area contributed by atoms with Crippen molar-refractivity contribution in [1.82, 2.24) is 20.0 Å². The normalized spacial score (nSPS) is 19.9. The van der Waals surface area contributed by atoms with Crippen LogP contribution < -0.4 is 5.32 Å². The third kappa shape index (κ3) is 8.14. The minimum absolute atomic E-state index is 0.148. The largest absolute Gasteiger partial charge is 0.333 e. The number of hydrogen-bond donors (Lipinski definition) is 1. The fourth-order valence-electron chi connectivity index (χ4n) is 7.67. The third-order valence-electron chi connectivity index (χ3n) is 10.7. The molecule has 0 aromatic heterocycles. The summed E-state index contributed by atoms with van der Waals surface area (Å²) in [5.41, 5.74) is 8.31. The molecular formula is C40H52N4O2. The molecule has 1 unspecified atom stereocenters. The number of carbonyl (C=O) groups excluding carboxylic acids is 2. The summed E-state index contributed by atoms with van der Waals surface area (Å²) in [7, 11) is 0.